The van der Waals surface area contributed by atoms with Crippen molar-refractivity contribution in [2.75, 3.05) is 26.2 Å². The van der Waals surface area contributed by atoms with Gasteiger partial charge in [-0.2, -0.15) is 0 Å². The van der Waals surface area contributed by atoms with Crippen LogP contribution in [0.5, 0.6) is 0 Å². The van der Waals surface area contributed by atoms with Gasteiger partial charge in [-0.05, 0) is 29.8 Å². The maximum atomic E-state index is 12.5. The molecule has 1 aromatic heterocycles. The van der Waals surface area contributed by atoms with E-state index in [0.29, 0.717) is 6.54 Å². The second-order valence-corrected chi connectivity index (χ2v) is 5.79. The van der Waals surface area contributed by atoms with Gasteiger partial charge in [-0.25, -0.2) is 0 Å². The van der Waals surface area contributed by atoms with Crippen molar-refractivity contribution in [3.63, 3.8) is 0 Å². The summed E-state index contributed by atoms with van der Waals surface area (Å²) >= 11 is 0. The highest BCUT2D eigenvalue weighted by molar-refractivity contribution is 5.94. The van der Waals surface area contributed by atoms with Crippen LogP contribution in [0.2, 0.25) is 0 Å². The molecule has 0 bridgehead atoms. The normalized spacial score (nSPS) is 15.6. The van der Waals surface area contributed by atoms with Gasteiger partial charge in [0.15, 0.2) is 0 Å². The number of carbonyl (C=O) groups excluding carboxylic acids is 1. The first kappa shape index (κ1) is 15.6. The fourth-order valence-corrected chi connectivity index (χ4v) is 2.80. The van der Waals surface area contributed by atoms with Crippen molar-refractivity contribution in [1.29, 1.82) is 0 Å². The number of benzene rings is 1. The van der Waals surface area contributed by atoms with Crippen LogP contribution < -0.4 is 5.73 Å². The minimum atomic E-state index is 0.103. The number of hydrogen-bond donors (Lipinski definition) is 1. The summed E-state index contributed by atoms with van der Waals surface area (Å²) in [5.41, 5.74) is 8.44. The largest absolute Gasteiger partial charge is 0.336 e. The van der Waals surface area contributed by atoms with Gasteiger partial charge in [0.05, 0.1) is 5.69 Å². The molecule has 0 unspecified atom stereocenters. The predicted molar refractivity (Wildman–Crippen MR) is 89.8 cm³/mol. The van der Waals surface area contributed by atoms with Gasteiger partial charge in [-0.15, -0.1) is 0 Å². The van der Waals surface area contributed by atoms with Crippen molar-refractivity contribution in [2.45, 2.75) is 13.1 Å². The molecular weight excluding hydrogens is 288 g/mol. The van der Waals surface area contributed by atoms with Crippen LogP contribution in [0.4, 0.5) is 0 Å². The van der Waals surface area contributed by atoms with Gasteiger partial charge in [0.25, 0.3) is 5.91 Å². The molecule has 5 heteroatoms. The maximum absolute atomic E-state index is 12.5. The van der Waals surface area contributed by atoms with E-state index in [4.69, 9.17) is 5.73 Å². The molecule has 3 rings (SSSR count). The van der Waals surface area contributed by atoms with E-state index in [2.05, 4.69) is 9.88 Å². The molecule has 2 heterocycles. The number of carbonyl (C=O) groups is 1. The van der Waals surface area contributed by atoms with Gasteiger partial charge in [0, 0.05) is 51.0 Å². The summed E-state index contributed by atoms with van der Waals surface area (Å²) in [6.45, 7) is 4.61. The summed E-state index contributed by atoms with van der Waals surface area (Å²) in [6.07, 6.45) is 1.82. The first-order valence-corrected chi connectivity index (χ1v) is 7.97. The molecule has 120 valence electrons. The zero-order valence-corrected chi connectivity index (χ0v) is 13.2. The summed E-state index contributed by atoms with van der Waals surface area (Å²) < 4.78 is 0. The fourth-order valence-electron chi connectivity index (χ4n) is 2.80. The molecule has 0 atom stereocenters. The number of aromatic nitrogens is 1. The molecule has 0 spiro atoms. The lowest BCUT2D eigenvalue weighted by atomic mass is 10.1. The Balaban J connectivity index is 1.54. The van der Waals surface area contributed by atoms with Gasteiger partial charge in [0.1, 0.15) is 0 Å². The van der Waals surface area contributed by atoms with Gasteiger partial charge in [-0.1, -0.05) is 18.2 Å². The van der Waals surface area contributed by atoms with E-state index in [1.165, 1.54) is 0 Å². The number of pyridine rings is 1. The molecule has 1 amide bonds. The Morgan fingerprint density at radius 2 is 1.78 bits per heavy atom. The van der Waals surface area contributed by atoms with E-state index in [-0.39, 0.29) is 5.91 Å². The average molecular weight is 310 g/mol. The van der Waals surface area contributed by atoms with Gasteiger partial charge < -0.3 is 10.6 Å². The summed E-state index contributed by atoms with van der Waals surface area (Å²) in [5, 5.41) is 0. The molecule has 1 fully saturated rings. The van der Waals surface area contributed by atoms with E-state index in [1.807, 2.05) is 53.6 Å². The Kier molecular flexibility index (Phi) is 5.00. The van der Waals surface area contributed by atoms with E-state index >= 15 is 0 Å². The van der Waals surface area contributed by atoms with Crippen LogP contribution in [0, 0.1) is 0 Å². The van der Waals surface area contributed by atoms with Crippen molar-refractivity contribution >= 4 is 5.91 Å². The lowest BCUT2D eigenvalue weighted by Crippen LogP contribution is -2.48. The van der Waals surface area contributed by atoms with Crippen LogP contribution in [0.3, 0.4) is 0 Å². The molecule has 23 heavy (non-hydrogen) atoms. The molecule has 1 aliphatic rings. The average Bonchev–Trinajstić information content (AvgIpc) is 2.63. The number of amides is 1. The second-order valence-electron chi connectivity index (χ2n) is 5.79. The smallest absolute Gasteiger partial charge is 0.253 e. The summed E-state index contributed by atoms with van der Waals surface area (Å²) in [4.78, 5) is 21.1. The van der Waals surface area contributed by atoms with E-state index in [9.17, 15) is 4.79 Å². The number of rotatable bonds is 4. The lowest BCUT2D eigenvalue weighted by Gasteiger charge is -2.34. The summed E-state index contributed by atoms with van der Waals surface area (Å²) in [5.74, 6) is 0.103. The standard InChI is InChI=1S/C18H22N4O/c19-13-15-4-6-16(7-5-15)18(23)22-11-9-21(10-12-22)14-17-3-1-2-8-20-17/h1-8H,9-14,19H2. The van der Waals surface area contributed by atoms with Gasteiger partial charge in [0.2, 0.25) is 0 Å². The SMILES string of the molecule is NCc1ccc(C(=O)N2CCN(Cc3ccccn3)CC2)cc1. The first-order chi connectivity index (χ1) is 11.3. The number of hydrogen-bond acceptors (Lipinski definition) is 4. The van der Waals surface area contributed by atoms with Crippen molar-refractivity contribution in [1.82, 2.24) is 14.8 Å². The number of nitrogens with zero attached hydrogens (tertiary/aromatic N) is 3. The highest BCUT2D eigenvalue weighted by atomic mass is 16.2. The van der Waals surface area contributed by atoms with Gasteiger partial charge >= 0.3 is 0 Å². The molecule has 2 aromatic rings. The molecule has 1 aromatic carbocycles. The third-order valence-corrected chi connectivity index (χ3v) is 4.21. The topological polar surface area (TPSA) is 62.5 Å². The second kappa shape index (κ2) is 7.35. The monoisotopic (exact) mass is 310 g/mol. The Morgan fingerprint density at radius 1 is 1.04 bits per heavy atom. The fraction of sp³-hybridized carbons (Fsp3) is 0.333. The van der Waals surface area contributed by atoms with E-state index < -0.39 is 0 Å². The van der Waals surface area contributed by atoms with Crippen LogP contribution in [0.25, 0.3) is 0 Å². The third kappa shape index (κ3) is 3.94. The van der Waals surface area contributed by atoms with Crippen molar-refractivity contribution in [2.24, 2.45) is 5.73 Å². The molecule has 0 radical (unpaired) electrons. The number of piperazine rings is 1. The molecule has 0 saturated carbocycles. The Labute approximate surface area is 136 Å². The van der Waals surface area contributed by atoms with E-state index in [0.717, 1.165) is 49.5 Å². The highest BCUT2D eigenvalue weighted by Crippen LogP contribution is 2.11. The molecule has 5 nitrogen and oxygen atoms in total. The zero-order valence-electron chi connectivity index (χ0n) is 13.2. The summed E-state index contributed by atoms with van der Waals surface area (Å²) in [6, 6.07) is 13.5. The summed E-state index contributed by atoms with van der Waals surface area (Å²) in [7, 11) is 0. The van der Waals surface area contributed by atoms with Crippen LogP contribution in [0.1, 0.15) is 21.6 Å². The molecule has 2 N–H and O–H groups in total. The quantitative estimate of drug-likeness (QED) is 0.929. The highest BCUT2D eigenvalue weighted by Gasteiger charge is 2.22. The maximum Gasteiger partial charge on any atom is 0.253 e. The molecule has 1 saturated heterocycles. The molecule has 1 aliphatic heterocycles. The minimum Gasteiger partial charge on any atom is -0.336 e. The van der Waals surface area contributed by atoms with Crippen molar-refractivity contribution in [3.8, 4) is 0 Å². The van der Waals surface area contributed by atoms with Crippen molar-refractivity contribution < 1.29 is 4.79 Å². The van der Waals surface area contributed by atoms with Crippen LogP contribution >= 0.6 is 0 Å². The van der Waals surface area contributed by atoms with Crippen LogP contribution in [0.15, 0.2) is 48.7 Å². The predicted octanol–water partition coefficient (Wildman–Crippen LogP) is 1.50. The molecule has 0 aliphatic carbocycles. The third-order valence-electron chi connectivity index (χ3n) is 4.21. The Hall–Kier alpha value is -2.24. The van der Waals surface area contributed by atoms with Gasteiger partial charge in [-0.3, -0.25) is 14.7 Å². The Morgan fingerprint density at radius 3 is 2.39 bits per heavy atom. The first-order valence-electron chi connectivity index (χ1n) is 7.97. The van der Waals surface area contributed by atoms with Crippen LogP contribution in [-0.4, -0.2) is 46.9 Å². The number of nitrogens with two attached hydrogens (primary N) is 1. The van der Waals surface area contributed by atoms with Crippen LogP contribution in [-0.2, 0) is 13.1 Å². The van der Waals surface area contributed by atoms with E-state index in [1.54, 1.807) is 0 Å². The Bertz CT molecular complexity index is 634. The lowest BCUT2D eigenvalue weighted by molar-refractivity contribution is 0.0627. The van der Waals surface area contributed by atoms with Crippen molar-refractivity contribution in [3.05, 3.63) is 65.5 Å². The minimum absolute atomic E-state index is 0.103. The zero-order chi connectivity index (χ0) is 16.1. The molecular formula is C18H22N4O.